The highest BCUT2D eigenvalue weighted by Gasteiger charge is 2.17. The van der Waals surface area contributed by atoms with Crippen LogP contribution in [0.1, 0.15) is 29.0 Å². The van der Waals surface area contributed by atoms with Gasteiger partial charge in [0.25, 0.3) is 0 Å². The number of aromatic nitrogens is 2. The van der Waals surface area contributed by atoms with Gasteiger partial charge in [0.2, 0.25) is 0 Å². The lowest BCUT2D eigenvalue weighted by Gasteiger charge is -2.16. The lowest BCUT2D eigenvalue weighted by atomic mass is 10.1. The Morgan fingerprint density at radius 3 is 2.67 bits per heavy atom. The van der Waals surface area contributed by atoms with Crippen LogP contribution in [0, 0.1) is 0 Å². The predicted octanol–water partition coefficient (Wildman–Crippen LogP) is 2.93. The number of esters is 1. The molecular weight excluding hydrogens is 252 g/mol. The van der Waals surface area contributed by atoms with Crippen molar-refractivity contribution < 1.29 is 9.53 Å². The van der Waals surface area contributed by atoms with Crippen LogP contribution in [-0.4, -0.2) is 22.6 Å². The van der Waals surface area contributed by atoms with Crippen molar-refractivity contribution in [2.24, 2.45) is 0 Å². The van der Waals surface area contributed by atoms with Crippen LogP contribution in [0.25, 0.3) is 0 Å². The predicted molar refractivity (Wildman–Crippen MR) is 68.8 cm³/mol. The molecule has 0 saturated heterocycles. The van der Waals surface area contributed by atoms with Crippen molar-refractivity contribution in [3.63, 3.8) is 0 Å². The van der Waals surface area contributed by atoms with Crippen molar-refractivity contribution in [2.75, 3.05) is 7.11 Å². The zero-order valence-electron chi connectivity index (χ0n) is 10.1. The summed E-state index contributed by atoms with van der Waals surface area (Å²) in [5.74, 6) is -0.395. The molecule has 1 aromatic heterocycles. The van der Waals surface area contributed by atoms with Gasteiger partial charge in [-0.05, 0) is 24.6 Å². The third-order valence-corrected chi connectivity index (χ3v) is 3.08. The van der Waals surface area contributed by atoms with Crippen molar-refractivity contribution >= 4 is 17.6 Å². The fraction of sp³-hybridized carbons (Fsp3) is 0.231. The number of ether oxygens (including phenoxy) is 1. The largest absolute Gasteiger partial charge is 0.464 e. The number of carbonyl (C=O) groups is 1. The smallest absolute Gasteiger partial charge is 0.356 e. The van der Waals surface area contributed by atoms with Crippen LogP contribution in [0.3, 0.4) is 0 Å². The van der Waals surface area contributed by atoms with Crippen LogP contribution in [-0.2, 0) is 4.74 Å². The number of imidazole rings is 1. The Hall–Kier alpha value is -1.81. The lowest BCUT2D eigenvalue weighted by molar-refractivity contribution is 0.0587. The van der Waals surface area contributed by atoms with Gasteiger partial charge in [0.15, 0.2) is 0 Å². The second-order valence-electron chi connectivity index (χ2n) is 3.91. The molecule has 0 saturated carbocycles. The van der Waals surface area contributed by atoms with Gasteiger partial charge in [0, 0.05) is 5.02 Å². The first kappa shape index (κ1) is 12.6. The van der Waals surface area contributed by atoms with E-state index in [0.29, 0.717) is 10.7 Å². The highest BCUT2D eigenvalue weighted by Crippen LogP contribution is 2.21. The minimum Gasteiger partial charge on any atom is -0.464 e. The first-order valence-electron chi connectivity index (χ1n) is 5.49. The second kappa shape index (κ2) is 5.23. The monoisotopic (exact) mass is 264 g/mol. The van der Waals surface area contributed by atoms with Crippen molar-refractivity contribution in [1.82, 2.24) is 9.55 Å². The number of carbonyl (C=O) groups excluding carboxylic acids is 1. The number of hydrogen-bond acceptors (Lipinski definition) is 3. The summed E-state index contributed by atoms with van der Waals surface area (Å²) in [6, 6.07) is 7.48. The molecule has 2 rings (SSSR count). The zero-order chi connectivity index (χ0) is 13.1. The summed E-state index contributed by atoms with van der Waals surface area (Å²) in [6.45, 7) is 1.98. The van der Waals surface area contributed by atoms with Crippen LogP contribution < -0.4 is 0 Å². The minimum atomic E-state index is -0.395. The normalized spacial score (nSPS) is 12.2. The van der Waals surface area contributed by atoms with Crippen molar-refractivity contribution in [3.05, 3.63) is 53.1 Å². The molecule has 0 aliphatic heterocycles. The maximum atomic E-state index is 11.6. The summed E-state index contributed by atoms with van der Waals surface area (Å²) in [4.78, 5) is 15.6. The molecule has 0 unspecified atom stereocenters. The van der Waals surface area contributed by atoms with Gasteiger partial charge in [-0.2, -0.15) is 0 Å². The average Bonchev–Trinajstić information content (AvgIpc) is 2.87. The Labute approximate surface area is 110 Å². The summed E-state index contributed by atoms with van der Waals surface area (Å²) >= 11 is 5.85. The van der Waals surface area contributed by atoms with E-state index >= 15 is 0 Å². The van der Waals surface area contributed by atoms with E-state index in [1.807, 2.05) is 31.2 Å². The van der Waals surface area contributed by atoms with Gasteiger partial charge < -0.3 is 9.30 Å². The fourth-order valence-corrected chi connectivity index (χ4v) is 1.90. The molecule has 0 bridgehead atoms. The molecule has 1 atom stereocenters. The zero-order valence-corrected chi connectivity index (χ0v) is 10.9. The molecule has 0 fully saturated rings. The summed E-state index contributed by atoms with van der Waals surface area (Å²) in [7, 11) is 1.35. The number of hydrogen-bond donors (Lipinski definition) is 0. The van der Waals surface area contributed by atoms with E-state index in [9.17, 15) is 4.79 Å². The maximum Gasteiger partial charge on any atom is 0.356 e. The molecule has 0 amide bonds. The number of benzene rings is 1. The quantitative estimate of drug-likeness (QED) is 0.801. The topological polar surface area (TPSA) is 44.1 Å². The summed E-state index contributed by atoms with van der Waals surface area (Å²) in [5.41, 5.74) is 1.47. The third kappa shape index (κ3) is 2.38. The van der Waals surface area contributed by atoms with Crippen LogP contribution in [0.2, 0.25) is 5.02 Å². The summed E-state index contributed by atoms with van der Waals surface area (Å²) < 4.78 is 6.49. The summed E-state index contributed by atoms with van der Waals surface area (Å²) in [5, 5.41) is 0.685. The highest BCUT2D eigenvalue weighted by molar-refractivity contribution is 6.30. The number of methoxy groups -OCH3 is 1. The molecule has 18 heavy (non-hydrogen) atoms. The van der Waals surface area contributed by atoms with Crippen LogP contribution in [0.4, 0.5) is 0 Å². The van der Waals surface area contributed by atoms with E-state index in [0.717, 1.165) is 5.56 Å². The van der Waals surface area contributed by atoms with Gasteiger partial charge in [-0.25, -0.2) is 9.78 Å². The molecule has 94 valence electrons. The van der Waals surface area contributed by atoms with Gasteiger partial charge in [0.05, 0.1) is 25.7 Å². The standard InChI is InChI=1S/C13H13ClN2O2/c1-9(10-3-5-11(14)6-4-10)16-8-15-7-12(16)13(17)18-2/h3-9H,1-2H3/t9-/m1/s1. The van der Waals surface area contributed by atoms with Crippen LogP contribution >= 0.6 is 11.6 Å². The van der Waals surface area contributed by atoms with Gasteiger partial charge >= 0.3 is 5.97 Å². The fourth-order valence-electron chi connectivity index (χ4n) is 1.78. The maximum absolute atomic E-state index is 11.6. The Bertz CT molecular complexity index is 548. The van der Waals surface area contributed by atoms with Gasteiger partial charge in [-0.3, -0.25) is 0 Å². The molecular formula is C13H13ClN2O2. The molecule has 1 heterocycles. The van der Waals surface area contributed by atoms with Gasteiger partial charge in [-0.1, -0.05) is 23.7 Å². The van der Waals surface area contributed by atoms with Crippen LogP contribution in [0.15, 0.2) is 36.8 Å². The first-order chi connectivity index (χ1) is 8.63. The number of rotatable bonds is 3. The molecule has 5 heteroatoms. The van der Waals surface area contributed by atoms with E-state index in [4.69, 9.17) is 16.3 Å². The Morgan fingerprint density at radius 1 is 1.39 bits per heavy atom. The second-order valence-corrected chi connectivity index (χ2v) is 4.34. The molecule has 0 N–H and O–H groups in total. The van der Waals surface area contributed by atoms with E-state index in [-0.39, 0.29) is 6.04 Å². The minimum absolute atomic E-state index is 0.0149. The van der Waals surface area contributed by atoms with Gasteiger partial charge in [-0.15, -0.1) is 0 Å². The molecule has 2 aromatic rings. The number of nitrogens with zero attached hydrogens (tertiary/aromatic N) is 2. The number of halogens is 1. The SMILES string of the molecule is COC(=O)c1cncn1[C@H](C)c1ccc(Cl)cc1. The van der Waals surface area contributed by atoms with E-state index in [1.165, 1.54) is 13.3 Å². The first-order valence-corrected chi connectivity index (χ1v) is 5.87. The van der Waals surface area contributed by atoms with Crippen molar-refractivity contribution in [3.8, 4) is 0 Å². The molecule has 0 radical (unpaired) electrons. The van der Waals surface area contributed by atoms with Crippen molar-refractivity contribution in [1.29, 1.82) is 0 Å². The Kier molecular flexibility index (Phi) is 3.67. The Balaban J connectivity index is 2.34. The molecule has 1 aromatic carbocycles. The summed E-state index contributed by atoms with van der Waals surface area (Å²) in [6.07, 6.45) is 3.11. The molecule has 0 aliphatic carbocycles. The average molecular weight is 265 g/mol. The van der Waals surface area contributed by atoms with Crippen LogP contribution in [0.5, 0.6) is 0 Å². The molecule has 0 aliphatic rings. The van der Waals surface area contributed by atoms with E-state index < -0.39 is 5.97 Å². The van der Waals surface area contributed by atoms with E-state index in [2.05, 4.69) is 4.98 Å². The van der Waals surface area contributed by atoms with E-state index in [1.54, 1.807) is 10.9 Å². The van der Waals surface area contributed by atoms with Crippen molar-refractivity contribution in [2.45, 2.75) is 13.0 Å². The highest BCUT2D eigenvalue weighted by atomic mass is 35.5. The lowest BCUT2D eigenvalue weighted by Crippen LogP contribution is -2.14. The van der Waals surface area contributed by atoms with Gasteiger partial charge in [0.1, 0.15) is 5.69 Å². The third-order valence-electron chi connectivity index (χ3n) is 2.83. The molecule has 4 nitrogen and oxygen atoms in total. The Morgan fingerprint density at radius 2 is 2.06 bits per heavy atom. The molecule has 0 spiro atoms.